The molecule has 2 aromatic carbocycles. The summed E-state index contributed by atoms with van der Waals surface area (Å²) < 4.78 is 13.7. The molecule has 2 heterocycles. The van der Waals surface area contributed by atoms with Crippen LogP contribution in [0.25, 0.3) is 0 Å². The van der Waals surface area contributed by atoms with Gasteiger partial charge in [-0.25, -0.2) is 4.39 Å². The lowest BCUT2D eigenvalue weighted by Gasteiger charge is -2.57. The van der Waals surface area contributed by atoms with E-state index in [2.05, 4.69) is 16.7 Å². The lowest BCUT2D eigenvalue weighted by molar-refractivity contribution is -0.0606. The Bertz CT molecular complexity index is 1050. The highest BCUT2D eigenvalue weighted by molar-refractivity contribution is 5.94. The van der Waals surface area contributed by atoms with Crippen molar-refractivity contribution in [1.82, 2.24) is 9.80 Å². The Morgan fingerprint density at radius 3 is 2.55 bits per heavy atom. The van der Waals surface area contributed by atoms with Gasteiger partial charge in [-0.1, -0.05) is 30.0 Å². The molecule has 0 spiro atoms. The third-order valence-electron chi connectivity index (χ3n) is 6.54. The van der Waals surface area contributed by atoms with E-state index < -0.39 is 11.4 Å². The molecule has 3 atom stereocenters. The Hall–Kier alpha value is -2.72. The van der Waals surface area contributed by atoms with Gasteiger partial charge in [0, 0.05) is 42.2 Å². The Morgan fingerprint density at radius 1 is 1.15 bits per heavy atom. The Labute approximate surface area is 194 Å². The number of hydrogen-bond acceptors (Lipinski definition) is 4. The summed E-state index contributed by atoms with van der Waals surface area (Å²) >= 11 is 0. The van der Waals surface area contributed by atoms with Crippen LogP contribution in [-0.4, -0.2) is 69.8 Å². The van der Waals surface area contributed by atoms with Crippen LogP contribution in [0.5, 0.6) is 0 Å². The number of fused-ring (bicyclic) bond motifs is 1. The van der Waals surface area contributed by atoms with Crippen LogP contribution >= 0.6 is 0 Å². The van der Waals surface area contributed by atoms with Crippen molar-refractivity contribution >= 4 is 5.91 Å². The number of amides is 1. The number of carbonyl (C=O) groups is 1. The van der Waals surface area contributed by atoms with Crippen LogP contribution in [0, 0.1) is 17.7 Å². The predicted octanol–water partition coefficient (Wildman–Crippen LogP) is 3.01. The zero-order valence-corrected chi connectivity index (χ0v) is 19.2. The molecule has 0 aromatic heterocycles. The van der Waals surface area contributed by atoms with Crippen LogP contribution in [0.15, 0.2) is 48.5 Å². The van der Waals surface area contributed by atoms with E-state index in [0.29, 0.717) is 18.7 Å². The van der Waals surface area contributed by atoms with Gasteiger partial charge >= 0.3 is 0 Å². The Kier molecular flexibility index (Phi) is 6.85. The summed E-state index contributed by atoms with van der Waals surface area (Å²) in [6, 6.07) is 13.9. The van der Waals surface area contributed by atoms with Crippen molar-refractivity contribution < 1.29 is 19.4 Å². The van der Waals surface area contributed by atoms with Crippen LogP contribution in [0.1, 0.15) is 54.1 Å². The molecule has 0 saturated carbocycles. The summed E-state index contributed by atoms with van der Waals surface area (Å²) in [4.78, 5) is 17.3. The van der Waals surface area contributed by atoms with Crippen molar-refractivity contribution in [3.05, 3.63) is 71.0 Å². The van der Waals surface area contributed by atoms with Crippen molar-refractivity contribution in [3.63, 3.8) is 0 Å². The number of aliphatic hydroxyl groups is 2. The van der Waals surface area contributed by atoms with Crippen LogP contribution in [0.3, 0.4) is 0 Å². The van der Waals surface area contributed by atoms with Crippen LogP contribution in [0.2, 0.25) is 0 Å². The molecule has 6 heteroatoms. The van der Waals surface area contributed by atoms with Crippen molar-refractivity contribution in [2.24, 2.45) is 0 Å². The zero-order valence-electron chi connectivity index (χ0n) is 19.2. The molecule has 2 fully saturated rings. The largest absolute Gasteiger partial charge is 0.395 e. The molecule has 0 radical (unpaired) electrons. The number of rotatable bonds is 3. The second-order valence-electron chi connectivity index (χ2n) is 9.48. The van der Waals surface area contributed by atoms with Crippen molar-refractivity contribution in [3.8, 4) is 11.8 Å². The normalized spacial score (nSPS) is 23.4. The molecule has 2 aliphatic rings. The first-order chi connectivity index (χ1) is 15.8. The van der Waals surface area contributed by atoms with Gasteiger partial charge in [0.15, 0.2) is 0 Å². The van der Waals surface area contributed by atoms with E-state index >= 15 is 0 Å². The molecule has 5 nitrogen and oxygen atoms in total. The van der Waals surface area contributed by atoms with Gasteiger partial charge in [0.05, 0.1) is 6.61 Å². The van der Waals surface area contributed by atoms with Gasteiger partial charge < -0.3 is 15.1 Å². The summed E-state index contributed by atoms with van der Waals surface area (Å²) in [6.07, 6.45) is 1.82. The summed E-state index contributed by atoms with van der Waals surface area (Å²) in [6.45, 7) is 5.42. The molecular formula is C27H31FN2O3. The van der Waals surface area contributed by atoms with Gasteiger partial charge in [-0.15, -0.1) is 0 Å². The molecular weight excluding hydrogens is 419 g/mol. The summed E-state index contributed by atoms with van der Waals surface area (Å²) in [5, 5.41) is 19.9. The first-order valence-electron chi connectivity index (χ1n) is 11.5. The number of aliphatic hydroxyl groups excluding tert-OH is 1. The van der Waals surface area contributed by atoms with Gasteiger partial charge in [-0.2, -0.15) is 0 Å². The van der Waals surface area contributed by atoms with Gasteiger partial charge in [0.2, 0.25) is 0 Å². The maximum Gasteiger partial charge on any atom is 0.254 e. The fraction of sp³-hybridized carbons (Fsp3) is 0.444. The lowest BCUT2D eigenvalue weighted by Crippen LogP contribution is -2.67. The van der Waals surface area contributed by atoms with Gasteiger partial charge in [0.1, 0.15) is 11.4 Å². The third kappa shape index (κ3) is 5.27. The first-order valence-corrected chi connectivity index (χ1v) is 11.5. The average Bonchev–Trinajstić information content (AvgIpc) is 2.76. The Balaban J connectivity index is 1.56. The van der Waals surface area contributed by atoms with E-state index in [0.717, 1.165) is 30.5 Å². The van der Waals surface area contributed by atoms with Gasteiger partial charge in [-0.3, -0.25) is 9.69 Å². The van der Waals surface area contributed by atoms with E-state index in [9.17, 15) is 19.4 Å². The minimum atomic E-state index is -1.05. The SMILES string of the molecule is CC(C)(O)C#Cc1ccc([C@H]2[C@@H](CO)N3CCCCN(C(=O)c4cccc(F)c4)C[C@H]23)cc1. The molecule has 33 heavy (non-hydrogen) atoms. The number of benzene rings is 2. The molecule has 0 aliphatic carbocycles. The third-order valence-corrected chi connectivity index (χ3v) is 6.54. The summed E-state index contributed by atoms with van der Waals surface area (Å²) in [5.41, 5.74) is 1.23. The predicted molar refractivity (Wildman–Crippen MR) is 125 cm³/mol. The number of carbonyl (C=O) groups excluding carboxylic acids is 1. The molecule has 4 rings (SSSR count). The van der Waals surface area contributed by atoms with Crippen molar-refractivity contribution in [2.75, 3.05) is 26.2 Å². The Morgan fingerprint density at radius 2 is 1.88 bits per heavy atom. The maximum absolute atomic E-state index is 13.7. The van der Waals surface area contributed by atoms with Crippen LogP contribution < -0.4 is 0 Å². The quantitative estimate of drug-likeness (QED) is 0.706. The van der Waals surface area contributed by atoms with Crippen LogP contribution in [0.4, 0.5) is 4.39 Å². The van der Waals surface area contributed by atoms with Gasteiger partial charge in [-0.05, 0) is 69.1 Å². The van der Waals surface area contributed by atoms with E-state index in [1.807, 2.05) is 29.2 Å². The smallest absolute Gasteiger partial charge is 0.254 e. The molecule has 174 valence electrons. The highest BCUT2D eigenvalue weighted by Gasteiger charge is 2.49. The summed E-state index contributed by atoms with van der Waals surface area (Å²) in [7, 11) is 0. The first kappa shape index (κ1) is 23.4. The maximum atomic E-state index is 13.7. The monoisotopic (exact) mass is 450 g/mol. The van der Waals surface area contributed by atoms with E-state index in [1.165, 1.54) is 12.1 Å². The molecule has 2 aliphatic heterocycles. The molecule has 0 unspecified atom stereocenters. The summed E-state index contributed by atoms with van der Waals surface area (Å²) in [5.74, 6) is 5.33. The standard InChI is InChI=1S/C27H31FN2O3/c1-27(2,33)13-12-19-8-10-20(11-9-19)25-23-17-29(14-3-4-15-30(23)24(25)18-31)26(32)21-6-5-7-22(28)16-21/h5-11,16,23-25,31,33H,3-4,14-15,17-18H2,1-2H3/t23-,24-,25-/m1/s1. The van der Waals surface area contributed by atoms with E-state index in [-0.39, 0.29) is 30.5 Å². The zero-order chi connectivity index (χ0) is 23.6. The molecule has 2 N–H and O–H groups in total. The molecule has 0 bridgehead atoms. The minimum Gasteiger partial charge on any atom is -0.395 e. The fourth-order valence-electron chi connectivity index (χ4n) is 4.94. The van der Waals surface area contributed by atoms with Gasteiger partial charge in [0.25, 0.3) is 5.91 Å². The van der Waals surface area contributed by atoms with Crippen molar-refractivity contribution in [1.29, 1.82) is 0 Å². The fourth-order valence-corrected chi connectivity index (χ4v) is 4.94. The highest BCUT2D eigenvalue weighted by Crippen LogP contribution is 2.42. The number of nitrogens with zero attached hydrogens (tertiary/aromatic N) is 2. The molecule has 2 aromatic rings. The molecule has 2 saturated heterocycles. The number of halogens is 1. The van der Waals surface area contributed by atoms with Crippen molar-refractivity contribution in [2.45, 2.75) is 50.3 Å². The lowest BCUT2D eigenvalue weighted by atomic mass is 9.74. The average molecular weight is 451 g/mol. The second-order valence-corrected chi connectivity index (χ2v) is 9.48. The van der Waals surface area contributed by atoms with E-state index in [1.54, 1.807) is 26.0 Å². The van der Waals surface area contributed by atoms with E-state index in [4.69, 9.17) is 0 Å². The minimum absolute atomic E-state index is 0.00697. The topological polar surface area (TPSA) is 64.0 Å². The second kappa shape index (κ2) is 9.64. The number of hydrogen-bond donors (Lipinski definition) is 2. The highest BCUT2D eigenvalue weighted by atomic mass is 19.1. The molecule has 1 amide bonds. The van der Waals surface area contributed by atoms with Crippen LogP contribution in [-0.2, 0) is 0 Å².